The topological polar surface area (TPSA) is 84.1 Å². The molecule has 0 fully saturated rings. The van der Waals surface area contributed by atoms with Gasteiger partial charge in [0.25, 0.3) is 0 Å². The molecule has 6 heteroatoms. The fourth-order valence-corrected chi connectivity index (χ4v) is 2.89. The number of nitrogens with zero attached hydrogens (tertiary/aromatic N) is 2. The van der Waals surface area contributed by atoms with Crippen LogP contribution in [-0.4, -0.2) is 23.1 Å². The number of amides is 1. The van der Waals surface area contributed by atoms with Gasteiger partial charge in [-0.15, -0.1) is 0 Å². The van der Waals surface area contributed by atoms with Crippen molar-refractivity contribution in [2.75, 3.05) is 11.9 Å². The van der Waals surface area contributed by atoms with Crippen molar-refractivity contribution in [1.29, 1.82) is 5.26 Å². The summed E-state index contributed by atoms with van der Waals surface area (Å²) in [5.74, 6) is -0.710. The van der Waals surface area contributed by atoms with Crippen LogP contribution in [0, 0.1) is 18.3 Å². The van der Waals surface area contributed by atoms with Crippen molar-refractivity contribution >= 4 is 28.5 Å². The van der Waals surface area contributed by atoms with Crippen molar-refractivity contribution in [3.8, 4) is 6.07 Å². The molecule has 0 radical (unpaired) electrons. The third-order valence-corrected chi connectivity index (χ3v) is 4.22. The molecular weight excluding hydrogens is 342 g/mol. The van der Waals surface area contributed by atoms with E-state index in [4.69, 9.17) is 10.00 Å². The summed E-state index contributed by atoms with van der Waals surface area (Å²) >= 11 is 0. The Labute approximate surface area is 157 Å². The Balaban J connectivity index is 1.51. The molecule has 0 atom stereocenters. The van der Waals surface area contributed by atoms with Crippen LogP contribution in [0.3, 0.4) is 0 Å². The first-order chi connectivity index (χ1) is 13.1. The van der Waals surface area contributed by atoms with Crippen LogP contribution in [0.2, 0.25) is 0 Å². The standard InChI is InChI=1S/C21H19N3O3/c1-15-12-16-6-3-5-9-19(16)24(15)14-21(26)27-11-10-20(25)23-18-8-4-2-7-17(18)13-22/h2-9,12H,10-11,14H2,1H3,(H,23,25). The van der Waals surface area contributed by atoms with Gasteiger partial charge in [0.05, 0.1) is 17.7 Å². The molecule has 0 spiro atoms. The summed E-state index contributed by atoms with van der Waals surface area (Å²) in [6.45, 7) is 2.02. The van der Waals surface area contributed by atoms with Crippen LogP contribution in [0.4, 0.5) is 5.69 Å². The second-order valence-corrected chi connectivity index (χ2v) is 6.11. The number of aryl methyl sites for hydroxylation is 1. The van der Waals surface area contributed by atoms with Crippen LogP contribution < -0.4 is 5.32 Å². The molecule has 3 rings (SSSR count). The van der Waals surface area contributed by atoms with Gasteiger partial charge in [-0.25, -0.2) is 0 Å². The lowest BCUT2D eigenvalue weighted by atomic mass is 10.2. The molecule has 1 N–H and O–H groups in total. The molecule has 0 bridgehead atoms. The van der Waals surface area contributed by atoms with Crippen molar-refractivity contribution in [3.05, 3.63) is 65.9 Å². The van der Waals surface area contributed by atoms with Crippen LogP contribution in [0.1, 0.15) is 17.7 Å². The van der Waals surface area contributed by atoms with Crippen molar-refractivity contribution in [2.45, 2.75) is 19.9 Å². The highest BCUT2D eigenvalue weighted by Gasteiger charge is 2.12. The molecule has 0 unspecified atom stereocenters. The maximum absolute atomic E-state index is 12.1. The van der Waals surface area contributed by atoms with Gasteiger partial charge in [-0.2, -0.15) is 5.26 Å². The van der Waals surface area contributed by atoms with Crippen LogP contribution in [0.15, 0.2) is 54.6 Å². The van der Waals surface area contributed by atoms with Gasteiger partial charge in [0.2, 0.25) is 5.91 Å². The maximum atomic E-state index is 12.1. The molecule has 0 aliphatic rings. The number of esters is 1. The fourth-order valence-electron chi connectivity index (χ4n) is 2.89. The number of carbonyl (C=O) groups excluding carboxylic acids is 2. The minimum atomic E-state index is -0.398. The SMILES string of the molecule is Cc1cc2ccccc2n1CC(=O)OCCC(=O)Nc1ccccc1C#N. The number of nitriles is 1. The number of benzene rings is 2. The minimum Gasteiger partial charge on any atom is -0.464 e. The number of hydrogen-bond donors (Lipinski definition) is 1. The molecule has 1 heterocycles. The van der Waals surface area contributed by atoms with Gasteiger partial charge in [-0.1, -0.05) is 30.3 Å². The molecule has 0 saturated heterocycles. The summed E-state index contributed by atoms with van der Waals surface area (Å²) < 4.78 is 7.09. The summed E-state index contributed by atoms with van der Waals surface area (Å²) in [6, 6.07) is 18.6. The van der Waals surface area contributed by atoms with Crippen LogP contribution in [0.25, 0.3) is 10.9 Å². The Morgan fingerprint density at radius 2 is 1.89 bits per heavy atom. The Bertz CT molecular complexity index is 1030. The second-order valence-electron chi connectivity index (χ2n) is 6.11. The minimum absolute atomic E-state index is 0.0162. The van der Waals surface area contributed by atoms with E-state index in [0.717, 1.165) is 16.6 Å². The Hall–Kier alpha value is -3.59. The molecule has 27 heavy (non-hydrogen) atoms. The number of rotatable bonds is 6. The molecule has 0 aliphatic carbocycles. The number of carbonyl (C=O) groups is 2. The van der Waals surface area contributed by atoms with Crippen molar-refractivity contribution in [2.24, 2.45) is 0 Å². The molecule has 0 aliphatic heterocycles. The third-order valence-electron chi connectivity index (χ3n) is 4.22. The number of para-hydroxylation sites is 2. The Morgan fingerprint density at radius 3 is 2.70 bits per heavy atom. The first kappa shape index (κ1) is 18.2. The number of anilines is 1. The summed E-state index contributed by atoms with van der Waals surface area (Å²) in [4.78, 5) is 24.1. The summed E-state index contributed by atoms with van der Waals surface area (Å²) in [7, 11) is 0. The van der Waals surface area contributed by atoms with Gasteiger partial charge in [0.1, 0.15) is 19.2 Å². The first-order valence-corrected chi connectivity index (χ1v) is 8.58. The van der Waals surface area contributed by atoms with E-state index in [-0.39, 0.29) is 25.5 Å². The quantitative estimate of drug-likeness (QED) is 0.682. The molecule has 1 aromatic heterocycles. The van der Waals surface area contributed by atoms with E-state index in [1.165, 1.54) is 0 Å². The zero-order valence-corrected chi connectivity index (χ0v) is 14.9. The average Bonchev–Trinajstić information content (AvgIpc) is 2.97. The smallest absolute Gasteiger partial charge is 0.325 e. The van der Waals surface area contributed by atoms with E-state index in [1.807, 2.05) is 47.9 Å². The van der Waals surface area contributed by atoms with Gasteiger partial charge >= 0.3 is 5.97 Å². The number of hydrogen-bond acceptors (Lipinski definition) is 4. The number of nitrogens with one attached hydrogen (secondary N) is 1. The van der Waals surface area contributed by atoms with Gasteiger partial charge in [-0.05, 0) is 36.6 Å². The van der Waals surface area contributed by atoms with E-state index >= 15 is 0 Å². The van der Waals surface area contributed by atoms with Crippen LogP contribution in [-0.2, 0) is 20.9 Å². The first-order valence-electron chi connectivity index (χ1n) is 8.58. The van der Waals surface area contributed by atoms with E-state index < -0.39 is 5.97 Å². The number of fused-ring (bicyclic) bond motifs is 1. The molecular formula is C21H19N3O3. The van der Waals surface area contributed by atoms with Crippen molar-refractivity contribution in [3.63, 3.8) is 0 Å². The average molecular weight is 361 g/mol. The van der Waals surface area contributed by atoms with Crippen molar-refractivity contribution in [1.82, 2.24) is 4.57 Å². The fraction of sp³-hybridized carbons (Fsp3) is 0.190. The van der Waals surface area contributed by atoms with Gasteiger partial charge in [-0.3, -0.25) is 9.59 Å². The van der Waals surface area contributed by atoms with Gasteiger partial charge in [0, 0.05) is 11.2 Å². The normalized spacial score (nSPS) is 10.4. The van der Waals surface area contributed by atoms with E-state index in [2.05, 4.69) is 5.32 Å². The summed E-state index contributed by atoms with van der Waals surface area (Å²) in [5.41, 5.74) is 2.78. The number of ether oxygens (including phenoxy) is 1. The van der Waals surface area contributed by atoms with E-state index in [1.54, 1.807) is 24.3 Å². The zero-order chi connectivity index (χ0) is 19.2. The maximum Gasteiger partial charge on any atom is 0.325 e. The van der Waals surface area contributed by atoms with Crippen LogP contribution in [0.5, 0.6) is 0 Å². The van der Waals surface area contributed by atoms with Gasteiger partial charge in [0.15, 0.2) is 0 Å². The van der Waals surface area contributed by atoms with E-state index in [0.29, 0.717) is 11.3 Å². The molecule has 136 valence electrons. The lowest BCUT2D eigenvalue weighted by Gasteiger charge is -2.10. The predicted molar refractivity (Wildman–Crippen MR) is 102 cm³/mol. The van der Waals surface area contributed by atoms with Gasteiger partial charge < -0.3 is 14.6 Å². The summed E-state index contributed by atoms with van der Waals surface area (Å²) in [6.07, 6.45) is 0.0247. The number of aromatic nitrogens is 1. The lowest BCUT2D eigenvalue weighted by molar-refractivity contribution is -0.144. The molecule has 2 aromatic carbocycles. The second kappa shape index (κ2) is 8.19. The highest BCUT2D eigenvalue weighted by Crippen LogP contribution is 2.19. The predicted octanol–water partition coefficient (Wildman–Crippen LogP) is 3.39. The molecule has 6 nitrogen and oxygen atoms in total. The Kier molecular flexibility index (Phi) is 5.53. The third kappa shape index (κ3) is 4.33. The zero-order valence-electron chi connectivity index (χ0n) is 14.9. The largest absolute Gasteiger partial charge is 0.464 e. The van der Waals surface area contributed by atoms with E-state index in [9.17, 15) is 9.59 Å². The Morgan fingerprint density at radius 1 is 1.15 bits per heavy atom. The lowest BCUT2D eigenvalue weighted by Crippen LogP contribution is -2.19. The van der Waals surface area contributed by atoms with Crippen molar-refractivity contribution < 1.29 is 14.3 Å². The molecule has 1 amide bonds. The highest BCUT2D eigenvalue weighted by molar-refractivity contribution is 5.92. The summed E-state index contributed by atoms with van der Waals surface area (Å²) in [5, 5.41) is 12.8. The molecule has 3 aromatic rings. The molecule has 0 saturated carbocycles. The highest BCUT2D eigenvalue weighted by atomic mass is 16.5. The monoisotopic (exact) mass is 361 g/mol. The van der Waals surface area contributed by atoms with Crippen LogP contribution >= 0.6 is 0 Å².